The molecule has 1 atom stereocenters. The van der Waals surface area contributed by atoms with E-state index in [1.54, 1.807) is 11.3 Å². The predicted molar refractivity (Wildman–Crippen MR) is 96.4 cm³/mol. The van der Waals surface area contributed by atoms with Crippen molar-refractivity contribution < 1.29 is 4.74 Å². The first-order valence-corrected chi connectivity index (χ1v) is 7.69. The number of ether oxygens (including phenoxy) is 1. The van der Waals surface area contributed by atoms with Gasteiger partial charge in [0.2, 0.25) is 0 Å². The molecule has 114 valence electrons. The summed E-state index contributed by atoms with van der Waals surface area (Å²) in [5.41, 5.74) is 0. The van der Waals surface area contributed by atoms with Gasteiger partial charge < -0.3 is 15.0 Å². The first-order chi connectivity index (χ1) is 9.29. The van der Waals surface area contributed by atoms with Crippen molar-refractivity contribution in [3.8, 4) is 0 Å². The summed E-state index contributed by atoms with van der Waals surface area (Å²) in [5, 5.41) is 5.54. The lowest BCUT2D eigenvalue weighted by Crippen LogP contribution is -2.42. The largest absolute Gasteiger partial charge is 0.381 e. The summed E-state index contributed by atoms with van der Waals surface area (Å²) in [6.07, 6.45) is 2.22. The Hall–Kier alpha value is -0.340. The fraction of sp³-hybridized carbons (Fsp3) is 0.643. The summed E-state index contributed by atoms with van der Waals surface area (Å²) in [5.74, 6) is 1.62. The monoisotopic (exact) mass is 409 g/mol. The minimum Gasteiger partial charge on any atom is -0.381 e. The summed E-state index contributed by atoms with van der Waals surface area (Å²) in [7, 11) is 3.94. The molecule has 0 spiro atoms. The van der Waals surface area contributed by atoms with Crippen LogP contribution in [0.3, 0.4) is 0 Å². The van der Waals surface area contributed by atoms with Crippen molar-refractivity contribution in [2.45, 2.75) is 12.8 Å². The second-order valence-corrected chi connectivity index (χ2v) is 5.95. The van der Waals surface area contributed by atoms with E-state index in [1.165, 1.54) is 4.88 Å². The van der Waals surface area contributed by atoms with Crippen molar-refractivity contribution in [2.75, 3.05) is 40.4 Å². The maximum Gasteiger partial charge on any atom is 0.193 e. The van der Waals surface area contributed by atoms with Crippen LogP contribution < -0.4 is 5.32 Å². The van der Waals surface area contributed by atoms with Crippen LogP contribution in [0.5, 0.6) is 0 Å². The zero-order chi connectivity index (χ0) is 13.5. The smallest absolute Gasteiger partial charge is 0.193 e. The molecule has 0 radical (unpaired) electrons. The van der Waals surface area contributed by atoms with Gasteiger partial charge >= 0.3 is 0 Å². The highest BCUT2D eigenvalue weighted by Crippen LogP contribution is 2.13. The van der Waals surface area contributed by atoms with E-state index in [2.05, 4.69) is 39.8 Å². The minimum absolute atomic E-state index is 0. The molecule has 1 fully saturated rings. The Morgan fingerprint density at radius 2 is 2.45 bits per heavy atom. The van der Waals surface area contributed by atoms with Crippen LogP contribution in [0.4, 0.5) is 0 Å². The summed E-state index contributed by atoms with van der Waals surface area (Å²) < 4.78 is 5.42. The lowest BCUT2D eigenvalue weighted by atomic mass is 10.1. The molecule has 1 aromatic rings. The van der Waals surface area contributed by atoms with E-state index < -0.39 is 0 Å². The van der Waals surface area contributed by atoms with Gasteiger partial charge in [-0.05, 0) is 24.3 Å². The van der Waals surface area contributed by atoms with Gasteiger partial charge in [0.15, 0.2) is 5.96 Å². The quantitative estimate of drug-likeness (QED) is 0.461. The van der Waals surface area contributed by atoms with Crippen LogP contribution in [0.2, 0.25) is 0 Å². The molecule has 0 amide bonds. The maximum atomic E-state index is 5.42. The number of guanidine groups is 1. The number of halogens is 1. The van der Waals surface area contributed by atoms with Crippen LogP contribution in [0, 0.1) is 5.92 Å². The van der Waals surface area contributed by atoms with E-state index in [1.807, 2.05) is 7.05 Å². The molecule has 2 heterocycles. The minimum atomic E-state index is 0. The van der Waals surface area contributed by atoms with Crippen LogP contribution in [-0.4, -0.2) is 51.3 Å². The first-order valence-electron chi connectivity index (χ1n) is 6.81. The van der Waals surface area contributed by atoms with Gasteiger partial charge in [0, 0.05) is 44.6 Å². The fourth-order valence-electron chi connectivity index (χ4n) is 2.34. The average molecular weight is 409 g/mol. The number of aliphatic imine (C=N–C) groups is 1. The molecule has 0 saturated carbocycles. The lowest BCUT2D eigenvalue weighted by Gasteiger charge is -2.24. The van der Waals surface area contributed by atoms with Gasteiger partial charge in [0.05, 0.1) is 6.61 Å². The van der Waals surface area contributed by atoms with E-state index >= 15 is 0 Å². The Balaban J connectivity index is 0.00000200. The normalized spacial score (nSPS) is 18.7. The van der Waals surface area contributed by atoms with Gasteiger partial charge in [-0.15, -0.1) is 35.3 Å². The molecule has 0 aromatic carbocycles. The van der Waals surface area contributed by atoms with E-state index in [0.717, 1.165) is 45.1 Å². The summed E-state index contributed by atoms with van der Waals surface area (Å²) in [6.45, 7) is 3.73. The predicted octanol–water partition coefficient (Wildman–Crippen LogP) is 2.45. The third-order valence-electron chi connectivity index (χ3n) is 3.36. The fourth-order valence-corrected chi connectivity index (χ4v) is 3.05. The molecule has 0 aliphatic carbocycles. The van der Waals surface area contributed by atoms with E-state index in [4.69, 9.17) is 4.74 Å². The summed E-state index contributed by atoms with van der Waals surface area (Å²) in [4.78, 5) is 7.96. The number of hydrogen-bond acceptors (Lipinski definition) is 3. The topological polar surface area (TPSA) is 36.9 Å². The zero-order valence-electron chi connectivity index (χ0n) is 12.2. The summed E-state index contributed by atoms with van der Waals surface area (Å²) in [6, 6.07) is 4.27. The molecular weight excluding hydrogens is 385 g/mol. The second kappa shape index (κ2) is 9.57. The van der Waals surface area contributed by atoms with E-state index in [-0.39, 0.29) is 24.0 Å². The van der Waals surface area contributed by atoms with Crippen molar-refractivity contribution >= 4 is 41.3 Å². The van der Waals surface area contributed by atoms with Gasteiger partial charge in [-0.1, -0.05) is 6.07 Å². The van der Waals surface area contributed by atoms with Crippen molar-refractivity contribution in [3.63, 3.8) is 0 Å². The average Bonchev–Trinajstić information content (AvgIpc) is 3.07. The van der Waals surface area contributed by atoms with Gasteiger partial charge in [0.25, 0.3) is 0 Å². The molecule has 0 bridgehead atoms. The highest BCUT2D eigenvalue weighted by molar-refractivity contribution is 14.0. The summed E-state index contributed by atoms with van der Waals surface area (Å²) >= 11 is 1.81. The van der Waals surface area contributed by atoms with Gasteiger partial charge in [-0.2, -0.15) is 0 Å². The molecule has 1 unspecified atom stereocenters. The standard InChI is InChI=1S/C14H23N3OS.HI/c1-15-14(16-7-5-13-4-3-9-19-13)17(2)10-12-6-8-18-11-12;/h3-4,9,12H,5-8,10-11H2,1-2H3,(H,15,16);1H. The van der Waals surface area contributed by atoms with Crippen molar-refractivity contribution in [2.24, 2.45) is 10.9 Å². The maximum absolute atomic E-state index is 5.42. The third-order valence-corrected chi connectivity index (χ3v) is 4.30. The van der Waals surface area contributed by atoms with Crippen molar-refractivity contribution in [1.29, 1.82) is 0 Å². The van der Waals surface area contributed by atoms with Gasteiger partial charge in [-0.25, -0.2) is 0 Å². The van der Waals surface area contributed by atoms with Crippen molar-refractivity contribution in [3.05, 3.63) is 22.4 Å². The van der Waals surface area contributed by atoms with Gasteiger partial charge in [0.1, 0.15) is 0 Å². The molecule has 4 nitrogen and oxygen atoms in total. The Kier molecular flexibility index (Phi) is 8.47. The number of nitrogens with one attached hydrogen (secondary N) is 1. The van der Waals surface area contributed by atoms with E-state index in [0.29, 0.717) is 5.92 Å². The lowest BCUT2D eigenvalue weighted by molar-refractivity contribution is 0.181. The highest BCUT2D eigenvalue weighted by atomic mass is 127. The van der Waals surface area contributed by atoms with Gasteiger partial charge in [-0.3, -0.25) is 4.99 Å². The van der Waals surface area contributed by atoms with Crippen LogP contribution >= 0.6 is 35.3 Å². The molecular formula is C14H24IN3OS. The van der Waals surface area contributed by atoms with Crippen LogP contribution in [0.15, 0.2) is 22.5 Å². The Morgan fingerprint density at radius 1 is 1.60 bits per heavy atom. The second-order valence-electron chi connectivity index (χ2n) is 4.91. The van der Waals surface area contributed by atoms with Crippen LogP contribution in [0.25, 0.3) is 0 Å². The van der Waals surface area contributed by atoms with Crippen LogP contribution in [-0.2, 0) is 11.2 Å². The molecule has 1 aliphatic rings. The Morgan fingerprint density at radius 3 is 3.05 bits per heavy atom. The number of rotatable bonds is 5. The molecule has 1 aromatic heterocycles. The first kappa shape index (κ1) is 17.7. The van der Waals surface area contributed by atoms with E-state index in [9.17, 15) is 0 Å². The van der Waals surface area contributed by atoms with Crippen LogP contribution in [0.1, 0.15) is 11.3 Å². The molecule has 1 saturated heterocycles. The number of nitrogens with zero attached hydrogens (tertiary/aromatic N) is 2. The molecule has 6 heteroatoms. The molecule has 1 aliphatic heterocycles. The SMILES string of the molecule is CN=C(NCCc1cccs1)N(C)CC1CCOC1.I. The number of thiophene rings is 1. The highest BCUT2D eigenvalue weighted by Gasteiger charge is 2.18. The molecule has 1 N–H and O–H groups in total. The molecule has 20 heavy (non-hydrogen) atoms. The Bertz CT molecular complexity index is 391. The third kappa shape index (κ3) is 5.57. The Labute approximate surface area is 142 Å². The molecule has 2 rings (SSSR count). The number of hydrogen-bond donors (Lipinski definition) is 1. The van der Waals surface area contributed by atoms with Crippen molar-refractivity contribution in [1.82, 2.24) is 10.2 Å². The zero-order valence-corrected chi connectivity index (χ0v) is 15.3.